The molecule has 0 heterocycles. The fraction of sp³-hybridized carbons (Fsp3) is 0.250. The number of hydrogen-bond donors (Lipinski definition) is 1. The average molecular weight is 264 g/mol. The van der Waals surface area contributed by atoms with E-state index in [0.29, 0.717) is 0 Å². The summed E-state index contributed by atoms with van der Waals surface area (Å²) in [6.45, 7) is 0. The summed E-state index contributed by atoms with van der Waals surface area (Å²) in [5.74, 6) is 0.0272. The second-order valence-electron chi connectivity index (χ2n) is 2.52. The highest BCUT2D eigenvalue weighted by molar-refractivity contribution is 9.09. The first-order valence-electron chi connectivity index (χ1n) is 3.71. The van der Waals surface area contributed by atoms with E-state index in [4.69, 9.17) is 0 Å². The molecule has 0 bridgehead atoms. The number of benzene rings is 1. The Bertz CT molecular complexity index is 350. The summed E-state index contributed by atoms with van der Waals surface area (Å²) in [7, 11) is -3.18. The van der Waals surface area contributed by atoms with Crippen LogP contribution in [0.1, 0.15) is 5.56 Å². The van der Waals surface area contributed by atoms with Gasteiger partial charge in [-0.1, -0.05) is 46.3 Å². The molecule has 0 saturated heterocycles. The lowest BCUT2D eigenvalue weighted by atomic mass is 10.2. The molecule has 13 heavy (non-hydrogen) atoms. The molecule has 0 aliphatic carbocycles. The van der Waals surface area contributed by atoms with E-state index >= 15 is 0 Å². The molecule has 1 N–H and O–H groups in total. The maximum atomic E-state index is 11.3. The molecule has 3 nitrogen and oxygen atoms in total. The Kier molecular flexibility index (Phi) is 3.90. The molecule has 0 spiro atoms. The maximum Gasteiger partial charge on any atom is 0.216 e. The van der Waals surface area contributed by atoms with Crippen molar-refractivity contribution in [3.63, 3.8) is 0 Å². The van der Waals surface area contributed by atoms with Crippen molar-refractivity contribution in [1.29, 1.82) is 0 Å². The minimum atomic E-state index is -3.18. The monoisotopic (exact) mass is 263 g/mol. The Morgan fingerprint density at radius 1 is 1.23 bits per heavy atom. The molecule has 1 aromatic rings. The highest BCUT2D eigenvalue weighted by Gasteiger charge is 2.08. The quantitative estimate of drug-likeness (QED) is 0.661. The molecule has 0 aliphatic heterocycles. The summed E-state index contributed by atoms with van der Waals surface area (Å²) in [6, 6.07) is 9.06. The van der Waals surface area contributed by atoms with Gasteiger partial charge in [-0.25, -0.2) is 13.1 Å². The van der Waals surface area contributed by atoms with Crippen molar-refractivity contribution in [2.24, 2.45) is 0 Å². The predicted molar refractivity (Wildman–Crippen MR) is 56.0 cm³/mol. The third kappa shape index (κ3) is 3.89. The van der Waals surface area contributed by atoms with E-state index in [1.54, 1.807) is 12.1 Å². The molecular weight excluding hydrogens is 254 g/mol. The van der Waals surface area contributed by atoms with Gasteiger partial charge in [-0.15, -0.1) is 0 Å². The van der Waals surface area contributed by atoms with Crippen molar-refractivity contribution in [3.05, 3.63) is 35.9 Å². The van der Waals surface area contributed by atoms with Gasteiger partial charge >= 0.3 is 0 Å². The van der Waals surface area contributed by atoms with Gasteiger partial charge < -0.3 is 0 Å². The normalized spacial score (nSPS) is 11.5. The van der Waals surface area contributed by atoms with Crippen LogP contribution in [0.25, 0.3) is 0 Å². The number of alkyl halides is 1. The van der Waals surface area contributed by atoms with E-state index in [2.05, 4.69) is 20.7 Å². The van der Waals surface area contributed by atoms with E-state index in [1.807, 2.05) is 18.2 Å². The second kappa shape index (κ2) is 4.74. The van der Waals surface area contributed by atoms with Crippen LogP contribution in [0.4, 0.5) is 0 Å². The van der Waals surface area contributed by atoms with E-state index < -0.39 is 10.0 Å². The molecule has 0 aliphatic rings. The minimum Gasteiger partial charge on any atom is -0.212 e. The largest absolute Gasteiger partial charge is 0.216 e. The molecule has 0 unspecified atom stereocenters. The van der Waals surface area contributed by atoms with Crippen LogP contribution in [0.2, 0.25) is 0 Å². The molecule has 0 atom stereocenters. The Morgan fingerprint density at radius 3 is 2.38 bits per heavy atom. The zero-order chi connectivity index (χ0) is 9.73. The van der Waals surface area contributed by atoms with Crippen LogP contribution in [0.15, 0.2) is 30.3 Å². The van der Waals surface area contributed by atoms with Crippen LogP contribution in [-0.4, -0.2) is 13.9 Å². The lowest BCUT2D eigenvalue weighted by Gasteiger charge is -2.02. The van der Waals surface area contributed by atoms with Gasteiger partial charge in [0, 0.05) is 0 Å². The van der Waals surface area contributed by atoms with Crippen LogP contribution in [0.5, 0.6) is 0 Å². The predicted octanol–water partition coefficient (Wildman–Crippen LogP) is 1.46. The molecule has 1 rings (SSSR count). The van der Waals surface area contributed by atoms with Gasteiger partial charge in [0.2, 0.25) is 10.0 Å². The van der Waals surface area contributed by atoms with Gasteiger partial charge in [-0.05, 0) is 5.56 Å². The van der Waals surface area contributed by atoms with Crippen LogP contribution in [0, 0.1) is 0 Å². The first kappa shape index (κ1) is 10.7. The molecular formula is C8H10BrNO2S. The van der Waals surface area contributed by atoms with Gasteiger partial charge in [-0.3, -0.25) is 0 Å². The average Bonchev–Trinajstić information content (AvgIpc) is 2.04. The zero-order valence-corrected chi connectivity index (χ0v) is 9.31. The topological polar surface area (TPSA) is 46.2 Å². The minimum absolute atomic E-state index is 0.0272. The Balaban J connectivity index is 2.70. The molecule has 0 radical (unpaired) electrons. The van der Waals surface area contributed by atoms with Gasteiger partial charge in [0.05, 0.1) is 11.2 Å². The first-order valence-corrected chi connectivity index (χ1v) is 6.48. The van der Waals surface area contributed by atoms with Crippen molar-refractivity contribution in [2.75, 3.05) is 5.45 Å². The number of halogens is 1. The van der Waals surface area contributed by atoms with E-state index in [0.717, 1.165) is 5.56 Å². The summed E-state index contributed by atoms with van der Waals surface area (Å²) in [5.41, 5.74) is 1.04. The van der Waals surface area contributed by atoms with Crippen molar-refractivity contribution in [1.82, 2.24) is 4.72 Å². The van der Waals surface area contributed by atoms with Gasteiger partial charge in [0.25, 0.3) is 0 Å². The number of nitrogens with one attached hydrogen (secondary N) is 1. The van der Waals surface area contributed by atoms with Crippen molar-refractivity contribution in [2.45, 2.75) is 5.75 Å². The highest BCUT2D eigenvalue weighted by Crippen LogP contribution is 2.03. The molecule has 5 heteroatoms. The van der Waals surface area contributed by atoms with E-state index in [1.165, 1.54) is 0 Å². The SMILES string of the molecule is O=S(=O)(Cc1ccccc1)NCBr. The van der Waals surface area contributed by atoms with Crippen molar-refractivity contribution >= 4 is 26.0 Å². The van der Waals surface area contributed by atoms with Gasteiger partial charge in [0.15, 0.2) is 0 Å². The maximum absolute atomic E-state index is 11.3. The van der Waals surface area contributed by atoms with Crippen LogP contribution in [0.3, 0.4) is 0 Å². The number of rotatable bonds is 4. The summed E-state index contributed by atoms with van der Waals surface area (Å²) in [4.78, 5) is 0. The molecule has 1 aromatic carbocycles. The van der Waals surface area contributed by atoms with Gasteiger partial charge in [0.1, 0.15) is 0 Å². The summed E-state index contributed by atoms with van der Waals surface area (Å²) < 4.78 is 24.9. The molecule has 0 aromatic heterocycles. The van der Waals surface area contributed by atoms with Crippen molar-refractivity contribution in [3.8, 4) is 0 Å². The Morgan fingerprint density at radius 2 is 1.85 bits per heavy atom. The summed E-state index contributed by atoms with van der Waals surface area (Å²) in [5, 5.41) is 0. The van der Waals surface area contributed by atoms with Crippen LogP contribution < -0.4 is 4.72 Å². The fourth-order valence-corrected chi connectivity index (χ4v) is 2.87. The van der Waals surface area contributed by atoms with E-state index in [9.17, 15) is 8.42 Å². The lowest BCUT2D eigenvalue weighted by Crippen LogP contribution is -2.23. The van der Waals surface area contributed by atoms with Crippen LogP contribution >= 0.6 is 15.9 Å². The summed E-state index contributed by atoms with van der Waals surface area (Å²) in [6.07, 6.45) is 0. The summed E-state index contributed by atoms with van der Waals surface area (Å²) >= 11 is 3.01. The Labute approximate surface area is 86.3 Å². The fourth-order valence-electron chi connectivity index (χ4n) is 0.928. The van der Waals surface area contributed by atoms with E-state index in [-0.39, 0.29) is 11.2 Å². The number of hydrogen-bond acceptors (Lipinski definition) is 2. The lowest BCUT2D eigenvalue weighted by molar-refractivity contribution is 0.586. The second-order valence-corrected chi connectivity index (χ2v) is 4.89. The van der Waals surface area contributed by atoms with Gasteiger partial charge in [-0.2, -0.15) is 0 Å². The first-order chi connectivity index (χ1) is 6.14. The Hall–Kier alpha value is -0.390. The highest BCUT2D eigenvalue weighted by atomic mass is 79.9. The van der Waals surface area contributed by atoms with Crippen LogP contribution in [-0.2, 0) is 15.8 Å². The van der Waals surface area contributed by atoms with Crippen molar-refractivity contribution < 1.29 is 8.42 Å². The zero-order valence-electron chi connectivity index (χ0n) is 6.90. The molecule has 0 saturated carbocycles. The number of sulfonamides is 1. The molecule has 0 fully saturated rings. The third-order valence-corrected chi connectivity index (χ3v) is 3.42. The standard InChI is InChI=1S/C8H10BrNO2S/c9-7-10-13(11,12)6-8-4-2-1-3-5-8/h1-5,10H,6-7H2. The molecule has 0 amide bonds. The third-order valence-electron chi connectivity index (χ3n) is 1.47. The molecule has 72 valence electrons. The smallest absolute Gasteiger partial charge is 0.212 e.